The summed E-state index contributed by atoms with van der Waals surface area (Å²) in [6.07, 6.45) is 1.34. The van der Waals surface area contributed by atoms with E-state index in [0.717, 1.165) is 18.5 Å². The summed E-state index contributed by atoms with van der Waals surface area (Å²) in [4.78, 5) is 28.1. The molecule has 0 bridgehead atoms. The molecule has 1 atom stereocenters. The third-order valence-corrected chi connectivity index (χ3v) is 3.95. The highest BCUT2D eigenvalue weighted by Crippen LogP contribution is 2.23. The fourth-order valence-corrected chi connectivity index (χ4v) is 2.85. The van der Waals surface area contributed by atoms with E-state index in [1.807, 2.05) is 37.3 Å². The third kappa shape index (κ3) is 3.78. The summed E-state index contributed by atoms with van der Waals surface area (Å²) in [5, 5.41) is 0. The van der Waals surface area contributed by atoms with Crippen molar-refractivity contribution in [2.45, 2.75) is 26.7 Å². The van der Waals surface area contributed by atoms with Gasteiger partial charge >= 0.3 is 6.09 Å². The molecule has 2 amide bonds. The summed E-state index contributed by atoms with van der Waals surface area (Å²) in [7, 11) is 0. The number of benzene rings is 1. The molecule has 0 saturated carbocycles. The summed E-state index contributed by atoms with van der Waals surface area (Å²) in [5.74, 6) is -0.0685. The Balaban J connectivity index is 2.06. The lowest BCUT2D eigenvalue weighted by Gasteiger charge is -2.34. The van der Waals surface area contributed by atoms with Gasteiger partial charge in [-0.1, -0.05) is 18.2 Å². The van der Waals surface area contributed by atoms with Gasteiger partial charge in [-0.3, -0.25) is 4.79 Å². The zero-order chi connectivity index (χ0) is 15.9. The lowest BCUT2D eigenvalue weighted by Crippen LogP contribution is -2.47. The number of likely N-dealkylation sites (tertiary alicyclic amines) is 1. The predicted octanol–water partition coefficient (Wildman–Crippen LogP) is 2.91. The number of hydrogen-bond acceptors (Lipinski definition) is 3. The van der Waals surface area contributed by atoms with Crippen molar-refractivity contribution in [3.63, 3.8) is 0 Å². The molecule has 1 aliphatic rings. The van der Waals surface area contributed by atoms with Gasteiger partial charge in [-0.15, -0.1) is 0 Å². The van der Waals surface area contributed by atoms with E-state index in [-0.39, 0.29) is 17.9 Å². The molecular formula is C17H24N2O3. The lowest BCUT2D eigenvalue weighted by atomic mass is 9.96. The summed E-state index contributed by atoms with van der Waals surface area (Å²) >= 11 is 0. The Hall–Kier alpha value is -2.04. The number of ether oxygens (including phenoxy) is 1. The van der Waals surface area contributed by atoms with Crippen LogP contribution in [0.3, 0.4) is 0 Å². The normalized spacial score (nSPS) is 17.9. The van der Waals surface area contributed by atoms with Gasteiger partial charge in [0.15, 0.2) is 0 Å². The highest BCUT2D eigenvalue weighted by atomic mass is 16.6. The largest absolute Gasteiger partial charge is 0.450 e. The van der Waals surface area contributed by atoms with E-state index in [9.17, 15) is 9.59 Å². The van der Waals surface area contributed by atoms with Crippen molar-refractivity contribution < 1.29 is 14.3 Å². The molecule has 1 fully saturated rings. The lowest BCUT2D eigenvalue weighted by molar-refractivity contribution is -0.123. The quantitative estimate of drug-likeness (QED) is 0.859. The highest BCUT2D eigenvalue weighted by Gasteiger charge is 2.31. The van der Waals surface area contributed by atoms with E-state index in [4.69, 9.17) is 4.74 Å². The smallest absolute Gasteiger partial charge is 0.409 e. The van der Waals surface area contributed by atoms with Crippen LogP contribution in [0.2, 0.25) is 0 Å². The molecule has 2 rings (SSSR count). The SMILES string of the molecule is CCOC(=O)N1CCCC(C(=O)N(CC)c2ccccc2)C1. The van der Waals surface area contributed by atoms with Gasteiger partial charge in [0.2, 0.25) is 5.91 Å². The van der Waals surface area contributed by atoms with E-state index in [1.165, 1.54) is 0 Å². The summed E-state index contributed by atoms with van der Waals surface area (Å²) in [5.41, 5.74) is 0.906. The molecule has 1 unspecified atom stereocenters. The average molecular weight is 304 g/mol. The Morgan fingerprint density at radius 1 is 1.27 bits per heavy atom. The summed E-state index contributed by atoms with van der Waals surface area (Å²) in [6, 6.07) is 9.67. The molecule has 1 saturated heterocycles. The van der Waals surface area contributed by atoms with E-state index < -0.39 is 0 Å². The summed E-state index contributed by atoms with van der Waals surface area (Å²) in [6.45, 7) is 5.86. The number of para-hydroxylation sites is 1. The van der Waals surface area contributed by atoms with Crippen LogP contribution in [-0.2, 0) is 9.53 Å². The molecule has 1 aromatic rings. The number of carbonyl (C=O) groups excluding carboxylic acids is 2. The molecule has 1 heterocycles. The second-order valence-corrected chi connectivity index (χ2v) is 5.40. The van der Waals surface area contributed by atoms with Gasteiger partial charge in [-0.25, -0.2) is 4.79 Å². The minimum Gasteiger partial charge on any atom is -0.450 e. The number of amides is 2. The van der Waals surface area contributed by atoms with Gasteiger partial charge in [0.05, 0.1) is 12.5 Å². The van der Waals surface area contributed by atoms with Crippen LogP contribution in [0.1, 0.15) is 26.7 Å². The van der Waals surface area contributed by atoms with Gasteiger partial charge in [0.1, 0.15) is 0 Å². The number of anilines is 1. The molecule has 5 heteroatoms. The first-order chi connectivity index (χ1) is 10.7. The zero-order valence-electron chi connectivity index (χ0n) is 13.3. The van der Waals surface area contributed by atoms with Crippen molar-refractivity contribution in [2.75, 3.05) is 31.1 Å². The van der Waals surface area contributed by atoms with Crippen LogP contribution in [0.4, 0.5) is 10.5 Å². The Labute approximate surface area is 131 Å². The number of rotatable bonds is 4. The molecule has 0 aromatic heterocycles. The minimum atomic E-state index is -0.317. The predicted molar refractivity (Wildman–Crippen MR) is 85.8 cm³/mol. The second kappa shape index (κ2) is 7.82. The zero-order valence-corrected chi connectivity index (χ0v) is 13.3. The second-order valence-electron chi connectivity index (χ2n) is 5.40. The first kappa shape index (κ1) is 16.3. The maximum absolute atomic E-state index is 12.8. The van der Waals surface area contributed by atoms with Crippen molar-refractivity contribution in [2.24, 2.45) is 5.92 Å². The van der Waals surface area contributed by atoms with Crippen LogP contribution < -0.4 is 4.90 Å². The van der Waals surface area contributed by atoms with Crippen LogP contribution in [-0.4, -0.2) is 43.1 Å². The van der Waals surface area contributed by atoms with Gasteiger partial charge in [0, 0.05) is 25.3 Å². The Bertz CT molecular complexity index is 504. The van der Waals surface area contributed by atoms with E-state index in [0.29, 0.717) is 26.2 Å². The molecule has 0 aliphatic carbocycles. The maximum Gasteiger partial charge on any atom is 0.409 e. The van der Waals surface area contributed by atoms with Gasteiger partial charge < -0.3 is 14.5 Å². The monoisotopic (exact) mass is 304 g/mol. The number of hydrogen-bond donors (Lipinski definition) is 0. The van der Waals surface area contributed by atoms with E-state index in [2.05, 4.69) is 0 Å². The number of carbonyl (C=O) groups is 2. The molecule has 0 spiro atoms. The fraction of sp³-hybridized carbons (Fsp3) is 0.529. The molecule has 0 N–H and O–H groups in total. The van der Waals surface area contributed by atoms with Crippen LogP contribution >= 0.6 is 0 Å². The third-order valence-electron chi connectivity index (χ3n) is 3.95. The Morgan fingerprint density at radius 2 is 2.00 bits per heavy atom. The van der Waals surface area contributed by atoms with E-state index in [1.54, 1.807) is 16.7 Å². The van der Waals surface area contributed by atoms with Crippen LogP contribution in [0.15, 0.2) is 30.3 Å². The van der Waals surface area contributed by atoms with Gasteiger partial charge in [-0.05, 0) is 38.8 Å². The molecular weight excluding hydrogens is 280 g/mol. The Kier molecular flexibility index (Phi) is 5.81. The fourth-order valence-electron chi connectivity index (χ4n) is 2.85. The van der Waals surface area contributed by atoms with Crippen molar-refractivity contribution in [3.05, 3.63) is 30.3 Å². The first-order valence-electron chi connectivity index (χ1n) is 7.95. The number of piperidine rings is 1. The highest BCUT2D eigenvalue weighted by molar-refractivity contribution is 5.95. The minimum absolute atomic E-state index is 0.0858. The topological polar surface area (TPSA) is 49.9 Å². The molecule has 22 heavy (non-hydrogen) atoms. The number of nitrogens with zero attached hydrogens (tertiary/aromatic N) is 2. The molecule has 1 aliphatic heterocycles. The molecule has 5 nitrogen and oxygen atoms in total. The van der Waals surface area contributed by atoms with Crippen molar-refractivity contribution in [1.82, 2.24) is 4.90 Å². The van der Waals surface area contributed by atoms with Crippen LogP contribution in [0, 0.1) is 5.92 Å². The first-order valence-corrected chi connectivity index (χ1v) is 7.95. The van der Waals surface area contributed by atoms with Crippen molar-refractivity contribution >= 4 is 17.7 Å². The van der Waals surface area contributed by atoms with E-state index >= 15 is 0 Å². The molecule has 1 aromatic carbocycles. The standard InChI is InChI=1S/C17H24N2O3/c1-3-19(15-10-6-5-7-11-15)16(20)14-9-8-12-18(13-14)17(21)22-4-2/h5-7,10-11,14H,3-4,8-9,12-13H2,1-2H3. The molecule has 0 radical (unpaired) electrons. The van der Waals surface area contributed by atoms with Crippen LogP contribution in [0.5, 0.6) is 0 Å². The van der Waals surface area contributed by atoms with Crippen molar-refractivity contribution in [1.29, 1.82) is 0 Å². The summed E-state index contributed by atoms with van der Waals surface area (Å²) < 4.78 is 5.04. The average Bonchev–Trinajstić information content (AvgIpc) is 2.57. The van der Waals surface area contributed by atoms with Crippen LogP contribution in [0.25, 0.3) is 0 Å². The van der Waals surface area contributed by atoms with Gasteiger partial charge in [-0.2, -0.15) is 0 Å². The molecule has 120 valence electrons. The Morgan fingerprint density at radius 3 is 2.64 bits per heavy atom. The van der Waals surface area contributed by atoms with Gasteiger partial charge in [0.25, 0.3) is 0 Å². The maximum atomic E-state index is 12.8. The van der Waals surface area contributed by atoms with Crippen molar-refractivity contribution in [3.8, 4) is 0 Å².